The van der Waals surface area contributed by atoms with Crippen molar-refractivity contribution in [2.75, 3.05) is 25.2 Å². The molecule has 1 heterocycles. The Morgan fingerprint density at radius 1 is 1.29 bits per heavy atom. The number of rotatable bonds is 3. The zero-order valence-corrected chi connectivity index (χ0v) is 10.3. The lowest BCUT2D eigenvalue weighted by Gasteiger charge is -2.24. The highest BCUT2D eigenvalue weighted by Gasteiger charge is 2.20. The van der Waals surface area contributed by atoms with Gasteiger partial charge in [0.05, 0.1) is 0 Å². The van der Waals surface area contributed by atoms with E-state index >= 15 is 0 Å². The Bertz CT molecular complexity index is 358. The van der Waals surface area contributed by atoms with Crippen molar-refractivity contribution in [1.29, 1.82) is 0 Å². The van der Waals surface area contributed by atoms with Gasteiger partial charge in [0.25, 0.3) is 0 Å². The minimum absolute atomic E-state index is 0.197. The van der Waals surface area contributed by atoms with Crippen LogP contribution in [0.2, 0.25) is 0 Å². The highest BCUT2D eigenvalue weighted by molar-refractivity contribution is 5.92. The minimum Gasteiger partial charge on any atom is -0.381 e. The maximum absolute atomic E-state index is 12.1. The van der Waals surface area contributed by atoms with Crippen molar-refractivity contribution in [1.82, 2.24) is 0 Å². The second kappa shape index (κ2) is 5.82. The van der Waals surface area contributed by atoms with E-state index in [0.717, 1.165) is 31.7 Å². The van der Waals surface area contributed by atoms with E-state index < -0.39 is 0 Å². The molecule has 0 atom stereocenters. The van der Waals surface area contributed by atoms with Gasteiger partial charge in [-0.2, -0.15) is 0 Å². The smallest absolute Gasteiger partial charge is 0.226 e. The van der Waals surface area contributed by atoms with Crippen LogP contribution in [0.5, 0.6) is 0 Å². The largest absolute Gasteiger partial charge is 0.381 e. The molecule has 3 heteroatoms. The maximum Gasteiger partial charge on any atom is 0.226 e. The molecule has 1 fully saturated rings. The van der Waals surface area contributed by atoms with Gasteiger partial charge in [0.2, 0.25) is 5.91 Å². The first-order valence-electron chi connectivity index (χ1n) is 6.16. The Hall–Kier alpha value is -1.35. The van der Waals surface area contributed by atoms with Gasteiger partial charge in [-0.1, -0.05) is 18.2 Å². The van der Waals surface area contributed by atoms with Gasteiger partial charge in [0.1, 0.15) is 0 Å². The summed E-state index contributed by atoms with van der Waals surface area (Å²) >= 11 is 0. The van der Waals surface area contributed by atoms with Gasteiger partial charge in [-0.15, -0.1) is 0 Å². The van der Waals surface area contributed by atoms with Crippen LogP contribution in [0.1, 0.15) is 19.3 Å². The zero-order valence-electron chi connectivity index (χ0n) is 10.3. The second-order valence-corrected chi connectivity index (χ2v) is 4.55. The number of hydrogen-bond donors (Lipinski definition) is 0. The lowest BCUT2D eigenvalue weighted by atomic mass is 9.96. The van der Waals surface area contributed by atoms with Crippen molar-refractivity contribution in [3.63, 3.8) is 0 Å². The maximum atomic E-state index is 12.1. The monoisotopic (exact) mass is 233 g/mol. The van der Waals surface area contributed by atoms with Crippen LogP contribution in [0, 0.1) is 5.92 Å². The van der Waals surface area contributed by atoms with Crippen molar-refractivity contribution in [2.24, 2.45) is 5.92 Å². The Kier molecular flexibility index (Phi) is 4.15. The first-order valence-corrected chi connectivity index (χ1v) is 6.16. The molecular weight excluding hydrogens is 214 g/mol. The molecule has 1 aliphatic heterocycles. The van der Waals surface area contributed by atoms with Crippen LogP contribution in [0.3, 0.4) is 0 Å². The number of amides is 1. The Morgan fingerprint density at radius 2 is 1.94 bits per heavy atom. The fraction of sp³-hybridized carbons (Fsp3) is 0.500. The predicted octanol–water partition coefficient (Wildman–Crippen LogP) is 2.47. The molecule has 0 spiro atoms. The standard InChI is InChI=1S/C14H19NO2/c1-15(13-5-3-2-4-6-13)14(16)11-12-7-9-17-10-8-12/h2-6,12H,7-11H2,1H3. The number of para-hydroxylation sites is 1. The lowest BCUT2D eigenvalue weighted by Crippen LogP contribution is -2.29. The summed E-state index contributed by atoms with van der Waals surface area (Å²) in [5.74, 6) is 0.686. The molecule has 0 saturated carbocycles. The summed E-state index contributed by atoms with van der Waals surface area (Å²) in [7, 11) is 1.84. The number of nitrogens with zero attached hydrogens (tertiary/aromatic N) is 1. The molecule has 1 aliphatic rings. The van der Waals surface area contributed by atoms with Crippen LogP contribution in [0.15, 0.2) is 30.3 Å². The quantitative estimate of drug-likeness (QED) is 0.802. The van der Waals surface area contributed by atoms with Gasteiger partial charge >= 0.3 is 0 Å². The van der Waals surface area contributed by atoms with Gasteiger partial charge in [-0.3, -0.25) is 4.79 Å². The molecule has 92 valence electrons. The summed E-state index contributed by atoms with van der Waals surface area (Å²) in [6, 6.07) is 9.78. The van der Waals surface area contributed by atoms with E-state index in [1.165, 1.54) is 0 Å². The third kappa shape index (κ3) is 3.30. The first-order chi connectivity index (χ1) is 8.27. The van der Waals surface area contributed by atoms with Crippen molar-refractivity contribution in [3.8, 4) is 0 Å². The van der Waals surface area contributed by atoms with Crippen molar-refractivity contribution in [2.45, 2.75) is 19.3 Å². The van der Waals surface area contributed by atoms with E-state index in [-0.39, 0.29) is 5.91 Å². The molecule has 1 amide bonds. The number of ether oxygens (including phenoxy) is 1. The fourth-order valence-corrected chi connectivity index (χ4v) is 2.13. The minimum atomic E-state index is 0.197. The van der Waals surface area contributed by atoms with E-state index in [1.54, 1.807) is 4.90 Å². The Balaban J connectivity index is 1.91. The molecule has 17 heavy (non-hydrogen) atoms. The van der Waals surface area contributed by atoms with Crippen LogP contribution in [-0.2, 0) is 9.53 Å². The topological polar surface area (TPSA) is 29.5 Å². The van der Waals surface area contributed by atoms with Gasteiger partial charge in [0, 0.05) is 32.4 Å². The number of carbonyl (C=O) groups excluding carboxylic acids is 1. The third-order valence-electron chi connectivity index (χ3n) is 3.32. The molecule has 0 aliphatic carbocycles. The molecule has 0 unspecified atom stereocenters. The first kappa shape index (κ1) is 12.1. The van der Waals surface area contributed by atoms with Gasteiger partial charge in [0.15, 0.2) is 0 Å². The molecular formula is C14H19NO2. The van der Waals surface area contributed by atoms with Crippen LogP contribution in [0.25, 0.3) is 0 Å². The lowest BCUT2D eigenvalue weighted by molar-refractivity contribution is -0.119. The Morgan fingerprint density at radius 3 is 2.59 bits per heavy atom. The molecule has 0 aromatic heterocycles. The third-order valence-corrected chi connectivity index (χ3v) is 3.32. The van der Waals surface area contributed by atoms with Crippen molar-refractivity contribution in [3.05, 3.63) is 30.3 Å². The fourth-order valence-electron chi connectivity index (χ4n) is 2.13. The Labute approximate surface area is 102 Å². The van der Waals surface area contributed by atoms with E-state index in [1.807, 2.05) is 37.4 Å². The van der Waals surface area contributed by atoms with Gasteiger partial charge in [-0.25, -0.2) is 0 Å². The molecule has 2 rings (SSSR count). The number of carbonyl (C=O) groups is 1. The van der Waals surface area contributed by atoms with Gasteiger partial charge < -0.3 is 9.64 Å². The van der Waals surface area contributed by atoms with Crippen molar-refractivity contribution >= 4 is 11.6 Å². The molecule has 3 nitrogen and oxygen atoms in total. The average Bonchev–Trinajstić information content (AvgIpc) is 2.40. The van der Waals surface area contributed by atoms with Crippen LogP contribution in [-0.4, -0.2) is 26.2 Å². The highest BCUT2D eigenvalue weighted by Crippen LogP contribution is 2.21. The van der Waals surface area contributed by atoms with E-state index in [0.29, 0.717) is 12.3 Å². The summed E-state index contributed by atoms with van der Waals surface area (Å²) in [4.78, 5) is 13.8. The van der Waals surface area contributed by atoms with E-state index in [9.17, 15) is 4.79 Å². The van der Waals surface area contributed by atoms with E-state index in [2.05, 4.69) is 0 Å². The summed E-state index contributed by atoms with van der Waals surface area (Å²) in [5, 5.41) is 0. The highest BCUT2D eigenvalue weighted by atomic mass is 16.5. The van der Waals surface area contributed by atoms with E-state index in [4.69, 9.17) is 4.74 Å². The summed E-state index contributed by atoms with van der Waals surface area (Å²) in [6.07, 6.45) is 2.65. The summed E-state index contributed by atoms with van der Waals surface area (Å²) < 4.78 is 5.30. The van der Waals surface area contributed by atoms with Crippen LogP contribution < -0.4 is 4.90 Å². The number of hydrogen-bond acceptors (Lipinski definition) is 2. The molecule has 0 radical (unpaired) electrons. The molecule has 1 aromatic carbocycles. The molecule has 1 saturated heterocycles. The van der Waals surface area contributed by atoms with Crippen LogP contribution >= 0.6 is 0 Å². The van der Waals surface area contributed by atoms with Gasteiger partial charge in [-0.05, 0) is 30.9 Å². The average molecular weight is 233 g/mol. The molecule has 0 bridgehead atoms. The number of anilines is 1. The summed E-state index contributed by atoms with van der Waals surface area (Å²) in [5.41, 5.74) is 0.963. The van der Waals surface area contributed by atoms with Crippen molar-refractivity contribution < 1.29 is 9.53 Å². The van der Waals surface area contributed by atoms with Crippen LogP contribution in [0.4, 0.5) is 5.69 Å². The summed E-state index contributed by atoms with van der Waals surface area (Å²) in [6.45, 7) is 1.60. The molecule has 0 N–H and O–H groups in total. The molecule has 1 aromatic rings. The number of benzene rings is 1. The SMILES string of the molecule is CN(C(=O)CC1CCOCC1)c1ccccc1. The predicted molar refractivity (Wildman–Crippen MR) is 68.0 cm³/mol. The second-order valence-electron chi connectivity index (χ2n) is 4.55. The zero-order chi connectivity index (χ0) is 12.1. The normalized spacial score (nSPS) is 16.8.